The maximum Gasteiger partial charge on any atom is 0.237 e. The summed E-state index contributed by atoms with van der Waals surface area (Å²) in [7, 11) is 0. The number of nitrogens with zero attached hydrogens (tertiary/aromatic N) is 3. The molecular weight excluding hydrogens is 444 g/mol. The third-order valence-corrected chi connectivity index (χ3v) is 9.68. The molecule has 0 spiro atoms. The van der Waals surface area contributed by atoms with E-state index in [2.05, 4.69) is 74.0 Å². The zero-order valence-electron chi connectivity index (χ0n) is 21.2. The van der Waals surface area contributed by atoms with Crippen molar-refractivity contribution in [2.75, 3.05) is 5.32 Å². The Hall–Kier alpha value is -3.73. The van der Waals surface area contributed by atoms with Crippen molar-refractivity contribution in [3.05, 3.63) is 78.1 Å². The van der Waals surface area contributed by atoms with Gasteiger partial charge in [0.05, 0.1) is 27.8 Å². The van der Waals surface area contributed by atoms with E-state index in [-0.39, 0.29) is 16.7 Å². The van der Waals surface area contributed by atoms with Crippen molar-refractivity contribution in [2.24, 2.45) is 5.41 Å². The van der Waals surface area contributed by atoms with Crippen LogP contribution >= 0.6 is 0 Å². The lowest BCUT2D eigenvalue weighted by atomic mass is 9.63. The van der Waals surface area contributed by atoms with Crippen LogP contribution in [0.15, 0.2) is 66.7 Å². The minimum absolute atomic E-state index is 0.0261. The highest BCUT2D eigenvalue weighted by atomic mass is 16.2. The molecule has 2 aromatic heterocycles. The van der Waals surface area contributed by atoms with Gasteiger partial charge in [-0.1, -0.05) is 51.1 Å². The third-order valence-electron chi connectivity index (χ3n) is 9.68. The zero-order valence-corrected chi connectivity index (χ0v) is 21.2. The minimum Gasteiger partial charge on any atom is -0.341 e. The smallest absolute Gasteiger partial charge is 0.237 e. The molecule has 36 heavy (non-hydrogen) atoms. The first-order valence-electron chi connectivity index (χ1n) is 12.9. The molecule has 5 heteroatoms. The summed E-state index contributed by atoms with van der Waals surface area (Å²) in [6.07, 6.45) is 1.70. The highest BCUT2D eigenvalue weighted by Gasteiger charge is 2.73. The van der Waals surface area contributed by atoms with Crippen LogP contribution in [0.25, 0.3) is 32.8 Å². The van der Waals surface area contributed by atoms with Gasteiger partial charge in [-0.15, -0.1) is 0 Å². The average Bonchev–Trinajstić information content (AvgIpc) is 3.37. The molecule has 1 fully saturated rings. The Kier molecular flexibility index (Phi) is 4.15. The van der Waals surface area contributed by atoms with E-state index in [1.165, 1.54) is 16.4 Å². The van der Waals surface area contributed by atoms with Crippen molar-refractivity contribution in [2.45, 2.75) is 57.9 Å². The number of benzene rings is 3. The lowest BCUT2D eigenvalue weighted by Gasteiger charge is -2.39. The SMILES string of the molecule is CCn1c2ccccc2c2cc(NC(=O)C34CCC(C)(c5nc6ccccc6nc53)C4(C)C)ccc21. The summed E-state index contributed by atoms with van der Waals surface area (Å²) in [6, 6.07) is 22.8. The molecule has 5 nitrogen and oxygen atoms in total. The Labute approximate surface area is 210 Å². The fraction of sp³-hybridized carbons (Fsp3) is 0.323. The number of aryl methyl sites for hydroxylation is 1. The van der Waals surface area contributed by atoms with E-state index in [1.807, 2.05) is 30.3 Å². The Bertz CT molecular complexity index is 1730. The highest BCUT2D eigenvalue weighted by Crippen LogP contribution is 2.70. The van der Waals surface area contributed by atoms with Gasteiger partial charge in [-0.05, 0) is 61.6 Å². The van der Waals surface area contributed by atoms with Gasteiger partial charge in [0.1, 0.15) is 0 Å². The van der Waals surface area contributed by atoms with E-state index in [4.69, 9.17) is 9.97 Å². The van der Waals surface area contributed by atoms with E-state index in [0.717, 1.165) is 52.9 Å². The lowest BCUT2D eigenvalue weighted by molar-refractivity contribution is -0.125. The molecule has 1 amide bonds. The average molecular weight is 475 g/mol. The van der Waals surface area contributed by atoms with Gasteiger partial charge < -0.3 is 9.88 Å². The van der Waals surface area contributed by atoms with E-state index in [1.54, 1.807) is 0 Å². The second kappa shape index (κ2) is 6.94. The zero-order chi connectivity index (χ0) is 24.9. The van der Waals surface area contributed by atoms with Crippen LogP contribution in [0, 0.1) is 5.41 Å². The molecule has 7 rings (SSSR count). The Morgan fingerprint density at radius 2 is 1.53 bits per heavy atom. The Balaban J connectivity index is 1.37. The number of nitrogens with one attached hydrogen (secondary N) is 1. The number of hydrogen-bond donors (Lipinski definition) is 1. The number of fused-ring (bicyclic) bond motifs is 9. The summed E-state index contributed by atoms with van der Waals surface area (Å²) in [5, 5.41) is 5.70. The predicted molar refractivity (Wildman–Crippen MR) is 145 cm³/mol. The minimum atomic E-state index is -0.722. The van der Waals surface area contributed by atoms with Crippen LogP contribution in [0.1, 0.15) is 51.9 Å². The maximum atomic E-state index is 14.3. The molecule has 2 aliphatic carbocycles. The molecule has 3 aromatic carbocycles. The number of carbonyl (C=O) groups is 1. The quantitative estimate of drug-likeness (QED) is 0.316. The van der Waals surface area contributed by atoms with Crippen LogP contribution in [0.3, 0.4) is 0 Å². The van der Waals surface area contributed by atoms with E-state index >= 15 is 0 Å². The molecule has 2 aliphatic rings. The maximum absolute atomic E-state index is 14.3. The van der Waals surface area contributed by atoms with Crippen LogP contribution in [0.5, 0.6) is 0 Å². The van der Waals surface area contributed by atoms with Crippen molar-refractivity contribution >= 4 is 44.4 Å². The fourth-order valence-corrected chi connectivity index (χ4v) is 7.26. The van der Waals surface area contributed by atoms with Crippen LogP contribution < -0.4 is 5.32 Å². The number of amides is 1. The summed E-state index contributed by atoms with van der Waals surface area (Å²) in [5.74, 6) is 0.0261. The van der Waals surface area contributed by atoms with Crippen molar-refractivity contribution in [3.63, 3.8) is 0 Å². The molecule has 2 atom stereocenters. The second-order valence-electron chi connectivity index (χ2n) is 11.2. The van der Waals surface area contributed by atoms with Gasteiger partial charge in [-0.25, -0.2) is 9.97 Å². The van der Waals surface area contributed by atoms with Gasteiger partial charge in [0, 0.05) is 39.5 Å². The van der Waals surface area contributed by atoms with E-state index in [9.17, 15) is 4.79 Å². The second-order valence-corrected chi connectivity index (χ2v) is 11.2. The molecular formula is C31H30N4O. The molecule has 1 N–H and O–H groups in total. The largest absolute Gasteiger partial charge is 0.341 e. The topological polar surface area (TPSA) is 59.8 Å². The van der Waals surface area contributed by atoms with Gasteiger partial charge in [-0.3, -0.25) is 4.79 Å². The predicted octanol–water partition coefficient (Wildman–Crippen LogP) is 6.73. The Morgan fingerprint density at radius 3 is 2.28 bits per heavy atom. The van der Waals surface area contributed by atoms with Gasteiger partial charge in [-0.2, -0.15) is 0 Å². The van der Waals surface area contributed by atoms with Crippen molar-refractivity contribution in [3.8, 4) is 0 Å². The summed E-state index contributed by atoms with van der Waals surface area (Å²) in [5.41, 5.74) is 5.60. The lowest BCUT2D eigenvalue weighted by Crippen LogP contribution is -2.48. The number of rotatable bonds is 3. The van der Waals surface area contributed by atoms with Crippen molar-refractivity contribution in [1.29, 1.82) is 0 Å². The molecule has 2 unspecified atom stereocenters. The summed E-state index contributed by atoms with van der Waals surface area (Å²) in [4.78, 5) is 24.5. The number of carbonyl (C=O) groups excluding carboxylic acids is 1. The monoisotopic (exact) mass is 474 g/mol. The molecule has 180 valence electrons. The van der Waals surface area contributed by atoms with Crippen molar-refractivity contribution in [1.82, 2.24) is 14.5 Å². The van der Waals surface area contributed by atoms with Crippen LogP contribution in [0.4, 0.5) is 5.69 Å². The van der Waals surface area contributed by atoms with Crippen LogP contribution in [-0.2, 0) is 22.2 Å². The molecule has 2 heterocycles. The molecule has 5 aromatic rings. The molecule has 0 radical (unpaired) electrons. The summed E-state index contributed by atoms with van der Waals surface area (Å²) < 4.78 is 2.33. The molecule has 1 saturated carbocycles. The third kappa shape index (κ3) is 2.39. The first-order valence-corrected chi connectivity index (χ1v) is 12.9. The number of para-hydroxylation sites is 3. The fourth-order valence-electron chi connectivity index (χ4n) is 7.26. The van der Waals surface area contributed by atoms with E-state index in [0.29, 0.717) is 0 Å². The first kappa shape index (κ1) is 21.5. The summed E-state index contributed by atoms with van der Waals surface area (Å²) in [6.45, 7) is 9.79. The normalized spacial score (nSPS) is 24.0. The first-order chi connectivity index (χ1) is 17.3. The number of aromatic nitrogens is 3. The van der Waals surface area contributed by atoms with Gasteiger partial charge in [0.25, 0.3) is 0 Å². The standard InChI is InChI=1S/C31H30N4O/c1-5-35-24-13-9-6-10-20(24)21-18-19(14-15-25(21)35)32-28(36)31-17-16-30(4,29(31,2)3)26-27(31)34-23-12-8-7-11-22(23)33-26/h6-15,18H,5,16-17H2,1-4H3,(H,32,36). The van der Waals surface area contributed by atoms with Gasteiger partial charge in [0.2, 0.25) is 5.91 Å². The van der Waals surface area contributed by atoms with Crippen LogP contribution in [-0.4, -0.2) is 20.4 Å². The van der Waals surface area contributed by atoms with Gasteiger partial charge >= 0.3 is 0 Å². The number of hydrogen-bond acceptors (Lipinski definition) is 3. The highest BCUT2D eigenvalue weighted by molar-refractivity contribution is 6.10. The van der Waals surface area contributed by atoms with Crippen LogP contribution in [0.2, 0.25) is 0 Å². The Morgan fingerprint density at radius 1 is 0.861 bits per heavy atom. The molecule has 0 saturated heterocycles. The van der Waals surface area contributed by atoms with E-state index < -0.39 is 5.41 Å². The molecule has 0 aliphatic heterocycles. The summed E-state index contributed by atoms with van der Waals surface area (Å²) >= 11 is 0. The molecule has 2 bridgehead atoms. The van der Waals surface area contributed by atoms with Crippen molar-refractivity contribution < 1.29 is 4.79 Å². The van der Waals surface area contributed by atoms with Gasteiger partial charge in [0.15, 0.2) is 0 Å². The number of anilines is 1.